The quantitative estimate of drug-likeness (QED) is 0.417. The van der Waals surface area contributed by atoms with E-state index in [9.17, 15) is 25.0 Å². The van der Waals surface area contributed by atoms with Crippen LogP contribution in [-0.2, 0) is 4.79 Å². The first-order chi connectivity index (χ1) is 9.74. The molecule has 0 heterocycles. The van der Waals surface area contributed by atoms with Crippen LogP contribution in [0.2, 0.25) is 0 Å². The van der Waals surface area contributed by atoms with E-state index in [1.807, 2.05) is 0 Å². The largest absolute Gasteiger partial charge is 0.478 e. The summed E-state index contributed by atoms with van der Waals surface area (Å²) in [6.45, 7) is 8.72. The molecule has 0 amide bonds. The van der Waals surface area contributed by atoms with Gasteiger partial charge in [0.15, 0.2) is 0 Å². The number of hydrogen-bond acceptors (Lipinski definition) is 5. The lowest BCUT2D eigenvalue weighted by Crippen LogP contribution is -2.44. The van der Waals surface area contributed by atoms with Gasteiger partial charge in [-0.05, 0) is 13.3 Å². The molecule has 0 saturated carbocycles. The Morgan fingerprint density at radius 2 is 1.55 bits per heavy atom. The number of carboxylic acid groups (broad SMARTS) is 1. The van der Waals surface area contributed by atoms with Crippen molar-refractivity contribution < 1.29 is 19.7 Å². The van der Waals surface area contributed by atoms with Crippen LogP contribution in [0.1, 0.15) is 48.0 Å². The van der Waals surface area contributed by atoms with Crippen molar-refractivity contribution in [1.29, 1.82) is 0 Å². The first kappa shape index (κ1) is 20.0. The number of nitrogens with zero attached hydrogens (tertiary/aromatic N) is 2. The minimum Gasteiger partial charge on any atom is -0.478 e. The lowest BCUT2D eigenvalue weighted by Gasteiger charge is -2.30. The van der Waals surface area contributed by atoms with E-state index in [4.69, 9.17) is 5.11 Å². The second-order valence-corrected chi connectivity index (χ2v) is 6.72. The van der Waals surface area contributed by atoms with Gasteiger partial charge in [0.2, 0.25) is 11.1 Å². The molecule has 0 aromatic rings. The zero-order chi connectivity index (χ0) is 17.9. The molecule has 126 valence electrons. The summed E-state index contributed by atoms with van der Waals surface area (Å²) in [7, 11) is 0. The van der Waals surface area contributed by atoms with Crippen molar-refractivity contribution in [1.82, 2.24) is 0 Å². The molecule has 0 aromatic heterocycles. The molecule has 0 aliphatic carbocycles. The van der Waals surface area contributed by atoms with Gasteiger partial charge in [0.1, 0.15) is 0 Å². The second-order valence-electron chi connectivity index (χ2n) is 6.72. The molecule has 22 heavy (non-hydrogen) atoms. The average Bonchev–Trinajstić information content (AvgIpc) is 2.36. The lowest BCUT2D eigenvalue weighted by atomic mass is 9.75. The van der Waals surface area contributed by atoms with Crippen molar-refractivity contribution in [3.63, 3.8) is 0 Å². The van der Waals surface area contributed by atoms with Crippen molar-refractivity contribution in [2.75, 3.05) is 0 Å². The maximum atomic E-state index is 11.3. The number of hydrogen-bond donors (Lipinski definition) is 1. The maximum absolute atomic E-state index is 11.3. The van der Waals surface area contributed by atoms with Gasteiger partial charge in [-0.3, -0.25) is 20.2 Å². The summed E-state index contributed by atoms with van der Waals surface area (Å²) >= 11 is 0. The molecule has 2 unspecified atom stereocenters. The molecule has 0 rings (SSSR count). The van der Waals surface area contributed by atoms with E-state index in [1.165, 1.54) is 40.7 Å². The lowest BCUT2D eigenvalue weighted by molar-refractivity contribution is -0.578. The summed E-state index contributed by atoms with van der Waals surface area (Å²) in [5, 5.41) is 31.4. The highest BCUT2D eigenvalue weighted by molar-refractivity contribution is 5.85. The maximum Gasteiger partial charge on any atom is 0.330 e. The van der Waals surface area contributed by atoms with Gasteiger partial charge in [0.25, 0.3) is 0 Å². The van der Waals surface area contributed by atoms with Gasteiger partial charge in [-0.25, -0.2) is 4.79 Å². The van der Waals surface area contributed by atoms with Crippen LogP contribution in [0.4, 0.5) is 0 Å². The predicted octanol–water partition coefficient (Wildman–Crippen LogP) is 2.77. The molecule has 0 radical (unpaired) electrons. The Labute approximate surface area is 129 Å². The normalized spacial score (nSPS) is 16.0. The van der Waals surface area contributed by atoms with Crippen LogP contribution < -0.4 is 0 Å². The molecular weight excluding hydrogens is 292 g/mol. The van der Waals surface area contributed by atoms with Crippen LogP contribution >= 0.6 is 0 Å². The molecule has 2 atom stereocenters. The second kappa shape index (κ2) is 6.85. The number of nitro groups is 2. The summed E-state index contributed by atoms with van der Waals surface area (Å²) in [5.74, 6) is -2.36. The van der Waals surface area contributed by atoms with Crippen molar-refractivity contribution in [3.8, 4) is 0 Å². The fourth-order valence-corrected chi connectivity index (χ4v) is 1.92. The smallest absolute Gasteiger partial charge is 0.330 e. The van der Waals surface area contributed by atoms with Crippen LogP contribution in [0.3, 0.4) is 0 Å². The molecule has 0 aliphatic heterocycles. The standard InChI is InChI=1S/C14H24N2O6/c1-9(12(17)18)7-11(14(5,6)16(21)22)8-10(2)13(3,4)15(19)20/h7,10-11H,8H2,1-6H3,(H,17,18)/b9-7+. The van der Waals surface area contributed by atoms with Crippen LogP contribution in [0.25, 0.3) is 0 Å². The molecule has 8 heteroatoms. The van der Waals surface area contributed by atoms with Gasteiger partial charge in [-0.1, -0.05) is 13.0 Å². The third-order valence-electron chi connectivity index (χ3n) is 4.45. The van der Waals surface area contributed by atoms with E-state index in [1.54, 1.807) is 6.92 Å². The van der Waals surface area contributed by atoms with E-state index in [0.29, 0.717) is 0 Å². The van der Waals surface area contributed by atoms with Crippen LogP contribution in [0.5, 0.6) is 0 Å². The summed E-state index contributed by atoms with van der Waals surface area (Å²) in [5.41, 5.74) is -2.68. The van der Waals surface area contributed by atoms with Gasteiger partial charge < -0.3 is 5.11 Å². The van der Waals surface area contributed by atoms with E-state index in [0.717, 1.165) is 0 Å². The van der Waals surface area contributed by atoms with E-state index in [-0.39, 0.29) is 12.0 Å². The van der Waals surface area contributed by atoms with Gasteiger partial charge in [-0.15, -0.1) is 0 Å². The summed E-state index contributed by atoms with van der Waals surface area (Å²) < 4.78 is 0. The van der Waals surface area contributed by atoms with Gasteiger partial charge >= 0.3 is 5.97 Å². The topological polar surface area (TPSA) is 124 Å². The molecule has 1 N–H and O–H groups in total. The van der Waals surface area contributed by atoms with E-state index < -0.39 is 38.7 Å². The van der Waals surface area contributed by atoms with Crippen molar-refractivity contribution in [2.24, 2.45) is 11.8 Å². The third-order valence-corrected chi connectivity index (χ3v) is 4.45. The van der Waals surface area contributed by atoms with Crippen LogP contribution in [-0.4, -0.2) is 32.0 Å². The van der Waals surface area contributed by atoms with E-state index >= 15 is 0 Å². The Hall–Kier alpha value is -1.99. The fourth-order valence-electron chi connectivity index (χ4n) is 1.92. The summed E-state index contributed by atoms with van der Waals surface area (Å²) in [6, 6.07) is 0. The monoisotopic (exact) mass is 316 g/mol. The predicted molar refractivity (Wildman–Crippen MR) is 80.8 cm³/mol. The zero-order valence-electron chi connectivity index (χ0n) is 13.8. The SMILES string of the molecule is C/C(=C\C(CC(C)C(C)(C)[N+](=O)[O-])C(C)(C)[N+](=O)[O-])C(=O)O. The average molecular weight is 316 g/mol. The highest BCUT2D eigenvalue weighted by Crippen LogP contribution is 2.34. The Kier molecular flexibility index (Phi) is 6.23. The minimum absolute atomic E-state index is 0.00830. The first-order valence-electron chi connectivity index (χ1n) is 6.95. The Morgan fingerprint density at radius 3 is 1.86 bits per heavy atom. The van der Waals surface area contributed by atoms with E-state index in [2.05, 4.69) is 0 Å². The molecular formula is C14H24N2O6. The highest BCUT2D eigenvalue weighted by atomic mass is 16.6. The number of rotatable bonds is 8. The van der Waals surface area contributed by atoms with Gasteiger partial charge in [0, 0.05) is 55.0 Å². The number of carbonyl (C=O) groups is 1. The van der Waals surface area contributed by atoms with Crippen LogP contribution in [0, 0.1) is 32.1 Å². The first-order valence-corrected chi connectivity index (χ1v) is 6.95. The molecule has 0 bridgehead atoms. The molecule has 0 saturated heterocycles. The minimum atomic E-state index is -1.42. The Bertz CT molecular complexity index is 496. The number of aliphatic carboxylic acids is 1. The summed E-state index contributed by atoms with van der Waals surface area (Å²) in [4.78, 5) is 32.5. The van der Waals surface area contributed by atoms with Crippen molar-refractivity contribution >= 4 is 5.97 Å². The van der Waals surface area contributed by atoms with Crippen molar-refractivity contribution in [2.45, 2.75) is 59.0 Å². The Morgan fingerprint density at radius 1 is 1.14 bits per heavy atom. The fraction of sp³-hybridized carbons (Fsp3) is 0.786. The molecule has 8 nitrogen and oxygen atoms in total. The zero-order valence-corrected chi connectivity index (χ0v) is 13.8. The summed E-state index contributed by atoms with van der Waals surface area (Å²) in [6.07, 6.45) is 1.48. The highest BCUT2D eigenvalue weighted by Gasteiger charge is 2.45. The third kappa shape index (κ3) is 4.51. The molecule has 0 aromatic carbocycles. The van der Waals surface area contributed by atoms with Crippen molar-refractivity contribution in [3.05, 3.63) is 31.9 Å². The molecule has 0 spiro atoms. The van der Waals surface area contributed by atoms with Gasteiger partial charge in [-0.2, -0.15) is 0 Å². The number of carboxylic acids is 1. The van der Waals surface area contributed by atoms with Gasteiger partial charge in [0.05, 0.1) is 0 Å². The Balaban J connectivity index is 5.64. The molecule has 0 fully saturated rings. The van der Waals surface area contributed by atoms with Crippen LogP contribution in [0.15, 0.2) is 11.6 Å². The molecule has 0 aliphatic rings.